The van der Waals surface area contributed by atoms with Crippen LogP contribution in [0.1, 0.15) is 85.8 Å². The molecule has 2 aliphatic rings. The number of fused-ring (bicyclic) bond motifs is 2. The number of hydrogen-bond acceptors (Lipinski definition) is 4. The molecule has 0 bridgehead atoms. The van der Waals surface area contributed by atoms with E-state index in [1.165, 1.54) is 39.9 Å². The second kappa shape index (κ2) is 9.73. The second-order valence-corrected chi connectivity index (χ2v) is 13.8. The average molecular weight is 519 g/mol. The molecule has 1 unspecified atom stereocenters. The van der Waals surface area contributed by atoms with Gasteiger partial charge in [0.1, 0.15) is 4.90 Å². The highest BCUT2D eigenvalue weighted by atomic mass is 32.2. The Morgan fingerprint density at radius 1 is 0.811 bits per heavy atom. The highest BCUT2D eigenvalue weighted by Gasteiger charge is 2.31. The number of likely N-dealkylation sites (N-methyl/N-ethyl adjacent to an activating group) is 1. The fourth-order valence-corrected chi connectivity index (χ4v) is 6.05. The van der Waals surface area contributed by atoms with E-state index in [1.54, 1.807) is 12.1 Å². The molecule has 196 valence electrons. The molecule has 6 heteroatoms. The van der Waals surface area contributed by atoms with Gasteiger partial charge in [-0.2, -0.15) is 0 Å². The Morgan fingerprint density at radius 2 is 1.41 bits per heavy atom. The molecule has 1 N–H and O–H groups in total. The van der Waals surface area contributed by atoms with Gasteiger partial charge < -0.3 is 0 Å². The molecule has 0 fully saturated rings. The lowest BCUT2D eigenvalue weighted by Gasteiger charge is -2.35. The third kappa shape index (κ3) is 5.81. The molecule has 5 nitrogen and oxygen atoms in total. The SMILES string of the molecule is CN1Cc2cc(C(C)(C)C)ccc2CC1c1ccc(C(C)(C)C)cc1.O=C1NS(=O)(=O)c2ccccc21. The highest BCUT2D eigenvalue weighted by Crippen LogP contribution is 2.35. The van der Waals surface area contributed by atoms with Crippen molar-refractivity contribution in [2.45, 2.75) is 76.3 Å². The lowest BCUT2D eigenvalue weighted by molar-refractivity contribution is 0.0985. The van der Waals surface area contributed by atoms with E-state index in [2.05, 4.69) is 96.0 Å². The molecule has 1 atom stereocenters. The molecule has 37 heavy (non-hydrogen) atoms. The Labute approximate surface area is 222 Å². The van der Waals surface area contributed by atoms with E-state index in [-0.39, 0.29) is 21.3 Å². The predicted octanol–water partition coefficient (Wildman–Crippen LogP) is 6.13. The third-order valence-electron chi connectivity index (χ3n) is 7.25. The molecule has 0 radical (unpaired) electrons. The number of sulfonamides is 1. The molecule has 5 rings (SSSR count). The first kappa shape index (κ1) is 27.1. The van der Waals surface area contributed by atoms with E-state index in [0.29, 0.717) is 6.04 Å². The number of carbonyl (C=O) groups is 1. The minimum atomic E-state index is -3.55. The van der Waals surface area contributed by atoms with Crippen LogP contribution in [0, 0.1) is 0 Å². The van der Waals surface area contributed by atoms with Gasteiger partial charge >= 0.3 is 0 Å². The standard InChI is InChI=1S/C24H33N.C7H5NO3S/c1-23(2,3)20-11-8-17(9-12-20)22-15-18-10-13-21(24(4,5)6)14-19(18)16-25(22)7;9-7-5-3-1-2-4-6(5)12(10,11)8-7/h8-14,22H,15-16H2,1-7H3;1-4H,(H,8,9). The van der Waals surface area contributed by atoms with Crippen molar-refractivity contribution in [2.75, 3.05) is 7.05 Å². The molecule has 3 aromatic rings. The number of nitrogens with zero attached hydrogens (tertiary/aromatic N) is 1. The van der Waals surface area contributed by atoms with Gasteiger partial charge in [-0.15, -0.1) is 0 Å². The number of rotatable bonds is 1. The van der Waals surface area contributed by atoms with Crippen molar-refractivity contribution in [1.29, 1.82) is 0 Å². The first-order chi connectivity index (χ1) is 17.2. The molecule has 0 aliphatic carbocycles. The fraction of sp³-hybridized carbons (Fsp3) is 0.387. The van der Waals surface area contributed by atoms with E-state index in [9.17, 15) is 13.2 Å². The monoisotopic (exact) mass is 518 g/mol. The fourth-order valence-electron chi connectivity index (χ4n) is 4.88. The molecule has 0 saturated carbocycles. The van der Waals surface area contributed by atoms with E-state index in [0.717, 1.165) is 13.0 Å². The summed E-state index contributed by atoms with van der Waals surface area (Å²) in [5.74, 6) is -0.550. The van der Waals surface area contributed by atoms with Crippen molar-refractivity contribution < 1.29 is 13.2 Å². The summed E-state index contributed by atoms with van der Waals surface area (Å²) < 4.78 is 24.2. The van der Waals surface area contributed by atoms with Gasteiger partial charge in [0, 0.05) is 12.6 Å². The molecule has 0 saturated heterocycles. The smallest absolute Gasteiger partial charge is 0.266 e. The molecule has 1 amide bonds. The Bertz CT molecular complexity index is 1410. The van der Waals surface area contributed by atoms with Crippen LogP contribution in [0.25, 0.3) is 0 Å². The van der Waals surface area contributed by atoms with Gasteiger partial charge in [-0.25, -0.2) is 13.1 Å². The van der Waals surface area contributed by atoms with Crippen LogP contribution in [-0.4, -0.2) is 26.3 Å². The maximum Gasteiger partial charge on any atom is 0.266 e. The number of nitrogens with one attached hydrogen (secondary N) is 1. The average Bonchev–Trinajstić information content (AvgIpc) is 3.06. The first-order valence-corrected chi connectivity index (χ1v) is 14.2. The van der Waals surface area contributed by atoms with Crippen LogP contribution in [0.4, 0.5) is 0 Å². The van der Waals surface area contributed by atoms with Crippen LogP contribution < -0.4 is 4.72 Å². The molecule has 0 aromatic heterocycles. The van der Waals surface area contributed by atoms with Crippen LogP contribution in [-0.2, 0) is 33.8 Å². The van der Waals surface area contributed by atoms with Crippen molar-refractivity contribution in [1.82, 2.24) is 9.62 Å². The van der Waals surface area contributed by atoms with Gasteiger partial charge in [-0.1, -0.05) is 96.1 Å². The number of benzene rings is 3. The third-order valence-corrected chi connectivity index (χ3v) is 8.64. The molecular weight excluding hydrogens is 480 g/mol. The van der Waals surface area contributed by atoms with Crippen molar-refractivity contribution >= 4 is 15.9 Å². The summed E-state index contributed by atoms with van der Waals surface area (Å²) in [6, 6.07) is 22.9. The Hall–Kier alpha value is -2.96. The lowest BCUT2D eigenvalue weighted by atomic mass is 9.82. The Morgan fingerprint density at radius 3 is 2.00 bits per heavy atom. The summed E-state index contributed by atoms with van der Waals surface area (Å²) in [4.78, 5) is 13.6. The summed E-state index contributed by atoms with van der Waals surface area (Å²) in [6.45, 7) is 14.7. The second-order valence-electron chi connectivity index (χ2n) is 12.2. The highest BCUT2D eigenvalue weighted by molar-refractivity contribution is 7.90. The van der Waals surface area contributed by atoms with Crippen LogP contribution in [0.15, 0.2) is 71.6 Å². The largest absolute Gasteiger partial charge is 0.295 e. The van der Waals surface area contributed by atoms with Gasteiger partial charge in [-0.05, 0) is 64.2 Å². The van der Waals surface area contributed by atoms with Crippen LogP contribution in [0.5, 0.6) is 0 Å². The molecule has 0 spiro atoms. The van der Waals surface area contributed by atoms with Gasteiger partial charge in [-0.3, -0.25) is 9.69 Å². The minimum Gasteiger partial charge on any atom is -0.295 e. The summed E-state index contributed by atoms with van der Waals surface area (Å²) in [7, 11) is -1.30. The minimum absolute atomic E-state index is 0.0648. The molecule has 3 aromatic carbocycles. The summed E-state index contributed by atoms with van der Waals surface area (Å²) in [6.07, 6.45) is 1.10. The number of amides is 1. The zero-order valence-electron chi connectivity index (χ0n) is 22.9. The van der Waals surface area contributed by atoms with Gasteiger partial charge in [0.05, 0.1) is 5.56 Å². The van der Waals surface area contributed by atoms with Crippen LogP contribution in [0.2, 0.25) is 0 Å². The maximum absolute atomic E-state index is 11.1. The molecule has 2 heterocycles. The van der Waals surface area contributed by atoms with Crippen molar-refractivity contribution in [3.05, 3.63) is 100 Å². The number of carbonyl (C=O) groups excluding carboxylic acids is 1. The van der Waals surface area contributed by atoms with Crippen molar-refractivity contribution in [2.24, 2.45) is 0 Å². The van der Waals surface area contributed by atoms with Gasteiger partial charge in [0.2, 0.25) is 0 Å². The first-order valence-electron chi connectivity index (χ1n) is 12.8. The Balaban J connectivity index is 0.000000222. The van der Waals surface area contributed by atoms with Gasteiger partial charge in [0.25, 0.3) is 15.9 Å². The topological polar surface area (TPSA) is 66.5 Å². The summed E-state index contributed by atoms with van der Waals surface area (Å²) in [5.41, 5.74) is 7.93. The Kier molecular flexibility index (Phi) is 7.12. The predicted molar refractivity (Wildman–Crippen MR) is 149 cm³/mol. The zero-order valence-corrected chi connectivity index (χ0v) is 23.7. The van der Waals surface area contributed by atoms with E-state index in [1.807, 2.05) is 4.72 Å². The van der Waals surface area contributed by atoms with Crippen LogP contribution in [0.3, 0.4) is 0 Å². The van der Waals surface area contributed by atoms with E-state index >= 15 is 0 Å². The summed E-state index contributed by atoms with van der Waals surface area (Å²) in [5, 5.41) is 0. The van der Waals surface area contributed by atoms with E-state index in [4.69, 9.17) is 0 Å². The molecular formula is C31H38N2O3S. The van der Waals surface area contributed by atoms with Crippen molar-refractivity contribution in [3.8, 4) is 0 Å². The maximum atomic E-state index is 11.1. The normalized spacial score (nSPS) is 18.8. The lowest BCUT2D eigenvalue weighted by Crippen LogP contribution is -2.31. The van der Waals surface area contributed by atoms with Crippen LogP contribution >= 0.6 is 0 Å². The summed E-state index contributed by atoms with van der Waals surface area (Å²) >= 11 is 0. The van der Waals surface area contributed by atoms with Gasteiger partial charge in [0.15, 0.2) is 0 Å². The molecule has 2 aliphatic heterocycles. The van der Waals surface area contributed by atoms with Crippen molar-refractivity contribution in [3.63, 3.8) is 0 Å². The number of hydrogen-bond donors (Lipinski definition) is 1. The van der Waals surface area contributed by atoms with E-state index < -0.39 is 15.9 Å². The zero-order chi connectivity index (χ0) is 27.2. The quantitative estimate of drug-likeness (QED) is 0.421.